The molecule has 1 aromatic rings. The third-order valence-corrected chi connectivity index (χ3v) is 2.44. The summed E-state index contributed by atoms with van der Waals surface area (Å²) in [7, 11) is 0. The first-order valence-electron chi connectivity index (χ1n) is 6.01. The van der Waals surface area contributed by atoms with E-state index in [0.29, 0.717) is 13.2 Å². The number of fused-ring (bicyclic) bond motifs is 1. The molecule has 1 N–H and O–H groups in total. The average Bonchev–Trinajstić information content (AvgIpc) is 2.61. The lowest BCUT2D eigenvalue weighted by Crippen LogP contribution is -2.01. The molecule has 5 nitrogen and oxygen atoms in total. The van der Waals surface area contributed by atoms with E-state index in [9.17, 15) is 4.79 Å². The Balaban J connectivity index is 2.10. The van der Waals surface area contributed by atoms with Crippen molar-refractivity contribution in [1.29, 1.82) is 0 Å². The van der Waals surface area contributed by atoms with Crippen LogP contribution in [-0.2, 0) is 9.53 Å². The Kier molecular flexibility index (Phi) is 4.17. The van der Waals surface area contributed by atoms with Crippen molar-refractivity contribution in [2.45, 2.75) is 13.3 Å². The van der Waals surface area contributed by atoms with E-state index in [-0.39, 0.29) is 5.97 Å². The minimum Gasteiger partial charge on any atom is -0.490 e. The number of hydrogen-bond acceptors (Lipinski definition) is 5. The highest BCUT2D eigenvalue weighted by molar-refractivity contribution is 5.87. The van der Waals surface area contributed by atoms with Gasteiger partial charge in [0.25, 0.3) is 0 Å². The highest BCUT2D eigenvalue weighted by Crippen LogP contribution is 2.25. The second-order valence-corrected chi connectivity index (χ2v) is 3.83. The van der Waals surface area contributed by atoms with Crippen molar-refractivity contribution in [2.75, 3.05) is 25.1 Å². The molecule has 0 saturated heterocycles. The number of nitrogens with one attached hydrogen (secondary N) is 1. The maximum Gasteiger partial charge on any atom is 0.330 e. The van der Waals surface area contributed by atoms with Crippen LogP contribution in [0.4, 0.5) is 5.82 Å². The number of nitrogens with zero attached hydrogens (tertiary/aromatic N) is 1. The lowest BCUT2D eigenvalue weighted by Gasteiger charge is -2.06. The molecule has 0 aromatic carbocycles. The Morgan fingerprint density at radius 1 is 1.67 bits per heavy atom. The number of aromatic nitrogens is 1. The minimum atomic E-state index is -0.355. The molecule has 0 atom stereocenters. The first-order chi connectivity index (χ1) is 8.79. The molecule has 2 rings (SSSR count). The fraction of sp³-hybridized carbons (Fsp3) is 0.385. The van der Waals surface area contributed by atoms with Crippen molar-refractivity contribution in [2.24, 2.45) is 0 Å². The van der Waals surface area contributed by atoms with Crippen LogP contribution in [0.15, 0.2) is 18.3 Å². The van der Waals surface area contributed by atoms with Gasteiger partial charge in [0.2, 0.25) is 0 Å². The number of pyridine rings is 1. The lowest BCUT2D eigenvalue weighted by molar-refractivity contribution is -0.137. The van der Waals surface area contributed by atoms with E-state index in [1.807, 2.05) is 6.07 Å². The van der Waals surface area contributed by atoms with E-state index in [1.165, 1.54) is 6.08 Å². The van der Waals surface area contributed by atoms with Crippen LogP contribution in [0.2, 0.25) is 0 Å². The highest BCUT2D eigenvalue weighted by Gasteiger charge is 2.09. The van der Waals surface area contributed by atoms with E-state index < -0.39 is 0 Å². The third kappa shape index (κ3) is 3.23. The lowest BCUT2D eigenvalue weighted by atomic mass is 10.2. The molecule has 1 aliphatic rings. The van der Waals surface area contributed by atoms with Gasteiger partial charge in [-0.1, -0.05) is 0 Å². The van der Waals surface area contributed by atoms with Gasteiger partial charge in [0.15, 0.2) is 11.6 Å². The van der Waals surface area contributed by atoms with Crippen molar-refractivity contribution < 1.29 is 14.3 Å². The number of carbonyl (C=O) groups is 1. The van der Waals surface area contributed by atoms with Gasteiger partial charge >= 0.3 is 5.97 Å². The Morgan fingerprint density at radius 2 is 2.56 bits per heavy atom. The Labute approximate surface area is 106 Å². The number of ether oxygens (including phenoxy) is 2. The summed E-state index contributed by atoms with van der Waals surface area (Å²) >= 11 is 0. The van der Waals surface area contributed by atoms with Crippen molar-refractivity contribution in [3.63, 3.8) is 0 Å². The van der Waals surface area contributed by atoms with Crippen LogP contribution in [0.3, 0.4) is 0 Å². The number of anilines is 1. The summed E-state index contributed by atoms with van der Waals surface area (Å²) in [5.74, 6) is 1.12. The Morgan fingerprint density at radius 3 is 3.39 bits per heavy atom. The first kappa shape index (κ1) is 12.4. The van der Waals surface area contributed by atoms with Crippen molar-refractivity contribution in [1.82, 2.24) is 4.98 Å². The van der Waals surface area contributed by atoms with Gasteiger partial charge in [-0.15, -0.1) is 0 Å². The zero-order chi connectivity index (χ0) is 12.8. The largest absolute Gasteiger partial charge is 0.490 e. The predicted molar refractivity (Wildman–Crippen MR) is 68.5 cm³/mol. The van der Waals surface area contributed by atoms with Crippen LogP contribution in [0, 0.1) is 0 Å². The SMILES string of the molecule is CCOC(=O)/C=C/c1cnc2c(c1)OCCCN2. The second-order valence-electron chi connectivity index (χ2n) is 3.83. The van der Waals surface area contributed by atoms with Crippen LogP contribution >= 0.6 is 0 Å². The highest BCUT2D eigenvalue weighted by atomic mass is 16.5. The zero-order valence-corrected chi connectivity index (χ0v) is 10.3. The van der Waals surface area contributed by atoms with Crippen molar-refractivity contribution >= 4 is 17.9 Å². The van der Waals surface area contributed by atoms with Crippen LogP contribution in [0.5, 0.6) is 5.75 Å². The Hall–Kier alpha value is -2.04. The zero-order valence-electron chi connectivity index (χ0n) is 10.3. The molecule has 0 radical (unpaired) electrons. The molecule has 18 heavy (non-hydrogen) atoms. The van der Waals surface area contributed by atoms with Gasteiger partial charge in [0, 0.05) is 18.8 Å². The van der Waals surface area contributed by atoms with Crippen molar-refractivity contribution in [3.8, 4) is 5.75 Å². The van der Waals surface area contributed by atoms with E-state index in [1.54, 1.807) is 19.2 Å². The summed E-state index contributed by atoms with van der Waals surface area (Å²) < 4.78 is 10.4. The number of carbonyl (C=O) groups excluding carboxylic acids is 1. The summed E-state index contributed by atoms with van der Waals surface area (Å²) in [6, 6.07) is 1.86. The van der Waals surface area contributed by atoms with Gasteiger partial charge in [0.05, 0.1) is 13.2 Å². The molecular formula is C13H16N2O3. The molecule has 1 aliphatic heterocycles. The second kappa shape index (κ2) is 6.05. The number of hydrogen-bond donors (Lipinski definition) is 1. The Bertz CT molecular complexity index is 458. The van der Waals surface area contributed by atoms with E-state index in [2.05, 4.69) is 10.3 Å². The minimum absolute atomic E-state index is 0.355. The van der Waals surface area contributed by atoms with E-state index in [0.717, 1.165) is 30.1 Å². The first-order valence-corrected chi connectivity index (χ1v) is 6.01. The topological polar surface area (TPSA) is 60.5 Å². The van der Waals surface area contributed by atoms with Gasteiger partial charge in [-0.3, -0.25) is 0 Å². The third-order valence-electron chi connectivity index (χ3n) is 2.44. The normalized spacial score (nSPS) is 14.3. The predicted octanol–water partition coefficient (Wildman–Crippen LogP) is 1.85. The van der Waals surface area contributed by atoms with Gasteiger partial charge in [-0.2, -0.15) is 0 Å². The fourth-order valence-electron chi connectivity index (χ4n) is 1.61. The van der Waals surface area contributed by atoms with Gasteiger partial charge < -0.3 is 14.8 Å². The van der Waals surface area contributed by atoms with Crippen LogP contribution < -0.4 is 10.1 Å². The van der Waals surface area contributed by atoms with Gasteiger partial charge in [-0.25, -0.2) is 9.78 Å². The van der Waals surface area contributed by atoms with Crippen LogP contribution in [-0.4, -0.2) is 30.7 Å². The summed E-state index contributed by atoms with van der Waals surface area (Å²) in [6.07, 6.45) is 5.69. The number of esters is 1. The molecule has 0 amide bonds. The quantitative estimate of drug-likeness (QED) is 0.653. The van der Waals surface area contributed by atoms with Crippen LogP contribution in [0.1, 0.15) is 18.9 Å². The van der Waals surface area contributed by atoms with Gasteiger partial charge in [0.1, 0.15) is 0 Å². The molecule has 96 valence electrons. The molecule has 0 bridgehead atoms. The van der Waals surface area contributed by atoms with E-state index in [4.69, 9.17) is 9.47 Å². The standard InChI is InChI=1S/C13H16N2O3/c1-2-17-12(16)5-4-10-8-11-13(15-9-10)14-6-3-7-18-11/h4-5,8-9H,2-3,6-7H2,1H3,(H,14,15)/b5-4+. The summed E-state index contributed by atoms with van der Waals surface area (Å²) in [6.45, 7) is 3.68. The molecule has 0 unspecified atom stereocenters. The molecule has 0 fully saturated rings. The summed E-state index contributed by atoms with van der Waals surface area (Å²) in [5, 5.41) is 3.19. The number of rotatable bonds is 3. The molecule has 0 saturated carbocycles. The smallest absolute Gasteiger partial charge is 0.330 e. The molecular weight excluding hydrogens is 232 g/mol. The summed E-state index contributed by atoms with van der Waals surface area (Å²) in [4.78, 5) is 15.5. The molecule has 0 spiro atoms. The fourth-order valence-corrected chi connectivity index (χ4v) is 1.61. The maximum atomic E-state index is 11.2. The van der Waals surface area contributed by atoms with Crippen LogP contribution in [0.25, 0.3) is 6.08 Å². The molecule has 0 aliphatic carbocycles. The van der Waals surface area contributed by atoms with Crippen molar-refractivity contribution in [3.05, 3.63) is 23.9 Å². The molecule has 5 heteroatoms. The molecule has 1 aromatic heterocycles. The summed E-state index contributed by atoms with van der Waals surface area (Å²) in [5.41, 5.74) is 0.811. The average molecular weight is 248 g/mol. The molecule has 2 heterocycles. The monoisotopic (exact) mass is 248 g/mol. The van der Waals surface area contributed by atoms with Gasteiger partial charge in [-0.05, 0) is 31.1 Å². The van der Waals surface area contributed by atoms with E-state index >= 15 is 0 Å². The maximum absolute atomic E-state index is 11.2.